The zero-order valence-corrected chi connectivity index (χ0v) is 12.7. The van der Waals surface area contributed by atoms with Crippen molar-refractivity contribution in [2.75, 3.05) is 0 Å². The van der Waals surface area contributed by atoms with Crippen molar-refractivity contribution >= 4 is 39.3 Å². The first-order valence-corrected chi connectivity index (χ1v) is 7.30. The van der Waals surface area contributed by atoms with Crippen molar-refractivity contribution in [2.24, 2.45) is 7.05 Å². The second-order valence-corrected chi connectivity index (χ2v) is 5.99. The molecule has 17 heavy (non-hydrogen) atoms. The van der Waals surface area contributed by atoms with Gasteiger partial charge in [0.2, 0.25) is 0 Å². The summed E-state index contributed by atoms with van der Waals surface area (Å²) in [6.45, 7) is 2.00. The zero-order chi connectivity index (χ0) is 12.4. The molecule has 0 saturated heterocycles. The van der Waals surface area contributed by atoms with Crippen molar-refractivity contribution in [2.45, 2.75) is 17.6 Å². The van der Waals surface area contributed by atoms with E-state index in [-0.39, 0.29) is 0 Å². The highest BCUT2D eigenvalue weighted by molar-refractivity contribution is 9.10. The van der Waals surface area contributed by atoms with Crippen LogP contribution < -0.4 is 0 Å². The summed E-state index contributed by atoms with van der Waals surface area (Å²) in [5.41, 5.74) is 2.22. The van der Waals surface area contributed by atoms with Crippen molar-refractivity contribution < 1.29 is 0 Å². The molecule has 1 heterocycles. The maximum atomic E-state index is 5.85. The Hall–Kier alpha value is -0.450. The summed E-state index contributed by atoms with van der Waals surface area (Å²) in [7, 11) is 1.97. The van der Waals surface area contributed by atoms with Crippen molar-refractivity contribution in [3.8, 4) is 0 Å². The molecule has 0 spiro atoms. The summed E-state index contributed by atoms with van der Waals surface area (Å²) in [5.74, 6) is 0.888. The van der Waals surface area contributed by atoms with E-state index in [0.717, 1.165) is 20.9 Å². The van der Waals surface area contributed by atoms with Crippen molar-refractivity contribution in [3.05, 3.63) is 45.1 Å². The van der Waals surface area contributed by atoms with E-state index in [2.05, 4.69) is 21.0 Å². The van der Waals surface area contributed by atoms with Gasteiger partial charge in [-0.2, -0.15) is 5.10 Å². The molecule has 0 radical (unpaired) electrons. The van der Waals surface area contributed by atoms with Gasteiger partial charge in [-0.15, -0.1) is 11.8 Å². The van der Waals surface area contributed by atoms with Gasteiger partial charge in [0.05, 0.1) is 15.9 Å². The quantitative estimate of drug-likeness (QED) is 0.774. The smallest absolute Gasteiger partial charge is 0.0738 e. The van der Waals surface area contributed by atoms with E-state index >= 15 is 0 Å². The first kappa shape index (κ1) is 13.0. The summed E-state index contributed by atoms with van der Waals surface area (Å²) < 4.78 is 3.02. The minimum absolute atomic E-state index is 0.770. The van der Waals surface area contributed by atoms with Gasteiger partial charge in [-0.1, -0.05) is 11.6 Å². The normalized spacial score (nSPS) is 10.8. The third-order valence-corrected chi connectivity index (χ3v) is 4.76. The minimum Gasteiger partial charge on any atom is -0.270 e. The second kappa shape index (κ2) is 5.46. The molecule has 0 aliphatic carbocycles. The van der Waals surface area contributed by atoms with Crippen LogP contribution in [-0.2, 0) is 12.8 Å². The van der Waals surface area contributed by atoms with Gasteiger partial charge in [0.25, 0.3) is 0 Å². The molecular formula is C12H12BrClN2S. The van der Waals surface area contributed by atoms with E-state index in [1.54, 1.807) is 11.8 Å². The van der Waals surface area contributed by atoms with Crippen LogP contribution in [0.2, 0.25) is 5.02 Å². The van der Waals surface area contributed by atoms with Crippen LogP contribution in [0.4, 0.5) is 0 Å². The van der Waals surface area contributed by atoms with E-state index in [9.17, 15) is 0 Å². The molecule has 90 valence electrons. The number of nitrogens with zero attached hydrogens (tertiary/aromatic N) is 2. The Kier molecular flexibility index (Phi) is 4.17. The number of hydrogen-bond donors (Lipinski definition) is 0. The van der Waals surface area contributed by atoms with Crippen LogP contribution in [0.5, 0.6) is 0 Å². The lowest BCUT2D eigenvalue weighted by Gasteiger charge is -2.03. The Morgan fingerprint density at radius 2 is 2.00 bits per heavy atom. The highest BCUT2D eigenvalue weighted by Crippen LogP contribution is 2.28. The van der Waals surface area contributed by atoms with E-state index in [0.29, 0.717) is 0 Å². The number of rotatable bonds is 3. The first-order chi connectivity index (χ1) is 8.08. The van der Waals surface area contributed by atoms with Gasteiger partial charge in [0, 0.05) is 22.7 Å². The Morgan fingerprint density at radius 3 is 2.53 bits per heavy atom. The molecule has 0 saturated carbocycles. The third kappa shape index (κ3) is 3.06. The Balaban J connectivity index is 2.09. The monoisotopic (exact) mass is 330 g/mol. The average molecular weight is 332 g/mol. The number of thioether (sulfide) groups is 1. The number of benzene rings is 1. The molecule has 0 aliphatic heterocycles. The highest BCUT2D eigenvalue weighted by atomic mass is 79.9. The Labute approximate surface area is 118 Å². The third-order valence-electron chi connectivity index (χ3n) is 2.45. The van der Waals surface area contributed by atoms with Crippen LogP contribution in [0.25, 0.3) is 0 Å². The maximum Gasteiger partial charge on any atom is 0.0738 e. The number of aromatic nitrogens is 2. The molecule has 1 aromatic carbocycles. The van der Waals surface area contributed by atoms with Crippen LogP contribution in [-0.4, -0.2) is 9.78 Å². The predicted molar refractivity (Wildman–Crippen MR) is 76.7 cm³/mol. The van der Waals surface area contributed by atoms with Gasteiger partial charge in [-0.25, -0.2) is 0 Å². The summed E-state index contributed by atoms with van der Waals surface area (Å²) >= 11 is 11.2. The minimum atomic E-state index is 0.770. The molecule has 0 bridgehead atoms. The molecule has 5 heteroatoms. The topological polar surface area (TPSA) is 17.8 Å². The van der Waals surface area contributed by atoms with Crippen LogP contribution in [0.1, 0.15) is 11.4 Å². The van der Waals surface area contributed by atoms with Gasteiger partial charge < -0.3 is 0 Å². The highest BCUT2D eigenvalue weighted by Gasteiger charge is 2.10. The Bertz CT molecular complexity index is 522. The maximum absolute atomic E-state index is 5.85. The van der Waals surface area contributed by atoms with E-state index in [1.807, 2.05) is 42.9 Å². The standard InChI is InChI=1S/C12H12BrClN2S/c1-8-12(13)11(16(2)15-8)7-17-10-5-3-9(14)4-6-10/h3-6H,7H2,1-2H3. The molecule has 0 N–H and O–H groups in total. The molecule has 0 unspecified atom stereocenters. The fourth-order valence-electron chi connectivity index (χ4n) is 1.52. The van der Waals surface area contributed by atoms with Crippen LogP contribution in [0.3, 0.4) is 0 Å². The van der Waals surface area contributed by atoms with Gasteiger partial charge in [-0.05, 0) is 47.1 Å². The lowest BCUT2D eigenvalue weighted by atomic mass is 10.4. The predicted octanol–water partition coefficient (Wildman–Crippen LogP) is 4.44. The molecule has 2 nitrogen and oxygen atoms in total. The van der Waals surface area contributed by atoms with Gasteiger partial charge in [0.15, 0.2) is 0 Å². The van der Waals surface area contributed by atoms with Crippen LogP contribution in [0.15, 0.2) is 33.6 Å². The molecule has 2 rings (SSSR count). The summed E-state index contributed by atoms with van der Waals surface area (Å²) in [5, 5.41) is 5.14. The Morgan fingerprint density at radius 1 is 1.35 bits per heavy atom. The molecule has 0 aliphatic rings. The number of aryl methyl sites for hydroxylation is 2. The molecule has 2 aromatic rings. The molecule has 0 atom stereocenters. The summed E-state index contributed by atoms with van der Waals surface area (Å²) in [6.07, 6.45) is 0. The van der Waals surface area contributed by atoms with Gasteiger partial charge in [0.1, 0.15) is 0 Å². The molecular weight excluding hydrogens is 320 g/mol. The lowest BCUT2D eigenvalue weighted by molar-refractivity contribution is 0.727. The van der Waals surface area contributed by atoms with Crippen molar-refractivity contribution in [1.82, 2.24) is 9.78 Å². The van der Waals surface area contributed by atoms with E-state index in [1.165, 1.54) is 10.6 Å². The zero-order valence-electron chi connectivity index (χ0n) is 9.58. The first-order valence-electron chi connectivity index (χ1n) is 5.14. The summed E-state index contributed by atoms with van der Waals surface area (Å²) in [6, 6.07) is 7.88. The molecule has 0 amide bonds. The fourth-order valence-corrected chi connectivity index (χ4v) is 3.27. The number of hydrogen-bond acceptors (Lipinski definition) is 2. The molecule has 1 aromatic heterocycles. The average Bonchev–Trinajstić information content (AvgIpc) is 2.54. The van der Waals surface area contributed by atoms with E-state index in [4.69, 9.17) is 11.6 Å². The summed E-state index contributed by atoms with van der Waals surface area (Å²) in [4.78, 5) is 1.21. The van der Waals surface area contributed by atoms with Crippen LogP contribution >= 0.6 is 39.3 Å². The van der Waals surface area contributed by atoms with Crippen LogP contribution in [0, 0.1) is 6.92 Å². The van der Waals surface area contributed by atoms with Crippen molar-refractivity contribution in [1.29, 1.82) is 0 Å². The fraction of sp³-hybridized carbons (Fsp3) is 0.250. The number of halogens is 2. The SMILES string of the molecule is Cc1nn(C)c(CSc2ccc(Cl)cc2)c1Br. The van der Waals surface area contributed by atoms with E-state index < -0.39 is 0 Å². The lowest BCUT2D eigenvalue weighted by Crippen LogP contribution is -1.96. The van der Waals surface area contributed by atoms with Crippen molar-refractivity contribution in [3.63, 3.8) is 0 Å². The van der Waals surface area contributed by atoms with Gasteiger partial charge >= 0.3 is 0 Å². The molecule has 0 fully saturated rings. The van der Waals surface area contributed by atoms with Gasteiger partial charge in [-0.3, -0.25) is 4.68 Å². The second-order valence-electron chi connectivity index (χ2n) is 3.71. The largest absolute Gasteiger partial charge is 0.270 e.